The van der Waals surface area contributed by atoms with Crippen LogP contribution in [0.3, 0.4) is 0 Å². The minimum atomic E-state index is -0.525. The lowest BCUT2D eigenvalue weighted by Crippen LogP contribution is -2.32. The Kier molecular flexibility index (Phi) is 6.49. The highest BCUT2D eigenvalue weighted by molar-refractivity contribution is 6.15. The average Bonchev–Trinajstić information content (AvgIpc) is 3.90. The van der Waals surface area contributed by atoms with Gasteiger partial charge in [0.05, 0.1) is 27.5 Å². The predicted molar refractivity (Wildman–Crippen MR) is 239 cm³/mol. The van der Waals surface area contributed by atoms with Crippen molar-refractivity contribution in [1.29, 1.82) is 0 Å². The number of hydrogen-bond donors (Lipinski definition) is 0. The second kappa shape index (κ2) is 11.8. The molecule has 8 aromatic carbocycles. The zero-order valence-corrected chi connectivity index (χ0v) is 31.7. The molecule has 0 amide bonds. The van der Waals surface area contributed by atoms with Gasteiger partial charge in [0, 0.05) is 44.1 Å². The van der Waals surface area contributed by atoms with Crippen LogP contribution < -0.4 is 4.74 Å². The SMILES string of the molecule is C1=CC(n2c3ccc(-c4ccc5c(c4)c4ccccc4n5-c4ccccc4)cc3c3cc4c(cc32)C2(c3ccccc3Oc3ccccc32)c2ccccc2-4)=CCC1. The number of ether oxygens (including phenoxy) is 1. The molecule has 3 aliphatic rings. The van der Waals surface area contributed by atoms with E-state index in [0.717, 1.165) is 24.3 Å². The molecular formula is C55H36N2O. The minimum Gasteiger partial charge on any atom is -0.457 e. The fraction of sp³-hybridized carbons (Fsp3) is 0.0545. The molecule has 0 radical (unpaired) electrons. The quantitative estimate of drug-likeness (QED) is 0.176. The van der Waals surface area contributed by atoms with Crippen molar-refractivity contribution in [2.75, 3.05) is 0 Å². The molecule has 1 aliphatic heterocycles. The van der Waals surface area contributed by atoms with E-state index in [-0.39, 0.29) is 0 Å². The highest BCUT2D eigenvalue weighted by Crippen LogP contribution is 2.62. The summed E-state index contributed by atoms with van der Waals surface area (Å²) in [6, 6.07) is 64.8. The van der Waals surface area contributed by atoms with E-state index in [1.165, 1.54) is 99.5 Å². The number of allylic oxidation sites excluding steroid dienone is 4. The molecule has 13 rings (SSSR count). The molecule has 3 heterocycles. The average molecular weight is 741 g/mol. The second-order valence-corrected chi connectivity index (χ2v) is 15.9. The van der Waals surface area contributed by atoms with Crippen LogP contribution in [-0.4, -0.2) is 9.13 Å². The summed E-state index contributed by atoms with van der Waals surface area (Å²) in [4.78, 5) is 0. The monoisotopic (exact) mass is 740 g/mol. The van der Waals surface area contributed by atoms with Crippen LogP contribution in [0.5, 0.6) is 11.5 Å². The lowest BCUT2D eigenvalue weighted by atomic mass is 9.66. The van der Waals surface area contributed by atoms with Crippen LogP contribution in [0.4, 0.5) is 0 Å². The molecular weight excluding hydrogens is 705 g/mol. The van der Waals surface area contributed by atoms with Crippen LogP contribution in [0.25, 0.3) is 77.2 Å². The molecule has 0 unspecified atom stereocenters. The maximum absolute atomic E-state index is 6.65. The maximum Gasteiger partial charge on any atom is 0.132 e. The number of hydrogen-bond acceptors (Lipinski definition) is 1. The number of para-hydroxylation sites is 4. The van der Waals surface area contributed by atoms with E-state index in [1.807, 2.05) is 0 Å². The summed E-state index contributed by atoms with van der Waals surface area (Å²) < 4.78 is 11.5. The van der Waals surface area contributed by atoms with E-state index < -0.39 is 5.41 Å². The summed E-state index contributed by atoms with van der Waals surface area (Å²) in [6.45, 7) is 0. The van der Waals surface area contributed by atoms with E-state index in [4.69, 9.17) is 4.74 Å². The molecule has 0 saturated carbocycles. The Morgan fingerprint density at radius 2 is 1.02 bits per heavy atom. The number of benzene rings is 8. The van der Waals surface area contributed by atoms with Crippen molar-refractivity contribution in [3.05, 3.63) is 216 Å². The first-order valence-electron chi connectivity index (χ1n) is 20.3. The Hall–Kier alpha value is -7.36. The predicted octanol–water partition coefficient (Wildman–Crippen LogP) is 14.2. The van der Waals surface area contributed by atoms with Crippen molar-refractivity contribution < 1.29 is 4.74 Å². The van der Waals surface area contributed by atoms with Crippen molar-refractivity contribution in [1.82, 2.24) is 9.13 Å². The van der Waals surface area contributed by atoms with E-state index in [1.54, 1.807) is 0 Å². The Morgan fingerprint density at radius 1 is 0.414 bits per heavy atom. The summed E-state index contributed by atoms with van der Waals surface area (Å²) in [5.41, 5.74) is 16.7. The van der Waals surface area contributed by atoms with Gasteiger partial charge in [0.2, 0.25) is 0 Å². The van der Waals surface area contributed by atoms with Crippen molar-refractivity contribution >= 4 is 49.3 Å². The van der Waals surface area contributed by atoms with E-state index in [0.29, 0.717) is 0 Å². The number of nitrogens with zero attached hydrogens (tertiary/aromatic N) is 2. The first-order valence-corrected chi connectivity index (χ1v) is 20.3. The molecule has 272 valence electrons. The van der Waals surface area contributed by atoms with Gasteiger partial charge in [-0.1, -0.05) is 121 Å². The highest BCUT2D eigenvalue weighted by Gasteiger charge is 2.51. The van der Waals surface area contributed by atoms with Crippen molar-refractivity contribution in [2.24, 2.45) is 0 Å². The highest BCUT2D eigenvalue weighted by atomic mass is 16.5. The molecule has 0 N–H and O–H groups in total. The van der Waals surface area contributed by atoms with Crippen LogP contribution in [0.15, 0.2) is 194 Å². The molecule has 2 aromatic heterocycles. The van der Waals surface area contributed by atoms with E-state index in [9.17, 15) is 0 Å². The number of fused-ring (bicyclic) bond motifs is 15. The Balaban J connectivity index is 1.09. The topological polar surface area (TPSA) is 19.1 Å². The van der Waals surface area contributed by atoms with Gasteiger partial charge in [0.15, 0.2) is 0 Å². The second-order valence-electron chi connectivity index (χ2n) is 15.9. The van der Waals surface area contributed by atoms with Gasteiger partial charge in [0.1, 0.15) is 11.5 Å². The first kappa shape index (κ1) is 31.8. The fourth-order valence-electron chi connectivity index (χ4n) is 10.6. The smallest absolute Gasteiger partial charge is 0.132 e. The van der Waals surface area contributed by atoms with Crippen LogP contribution in [0.1, 0.15) is 35.1 Å². The molecule has 3 nitrogen and oxygen atoms in total. The number of aromatic nitrogens is 2. The van der Waals surface area contributed by atoms with Gasteiger partial charge >= 0.3 is 0 Å². The minimum absolute atomic E-state index is 0.525. The van der Waals surface area contributed by atoms with Gasteiger partial charge in [0.25, 0.3) is 0 Å². The summed E-state index contributed by atoms with van der Waals surface area (Å²) >= 11 is 0. The lowest BCUT2D eigenvalue weighted by Gasteiger charge is -2.39. The fourth-order valence-corrected chi connectivity index (χ4v) is 10.6. The van der Waals surface area contributed by atoms with Crippen LogP contribution in [0, 0.1) is 0 Å². The summed E-state index contributed by atoms with van der Waals surface area (Å²) in [5.74, 6) is 1.83. The third-order valence-corrected chi connectivity index (χ3v) is 13.0. The molecule has 0 atom stereocenters. The largest absolute Gasteiger partial charge is 0.457 e. The van der Waals surface area contributed by atoms with Crippen molar-refractivity contribution in [2.45, 2.75) is 18.3 Å². The normalized spacial score (nSPS) is 14.7. The molecule has 0 fully saturated rings. The lowest BCUT2D eigenvalue weighted by molar-refractivity contribution is 0.436. The van der Waals surface area contributed by atoms with Crippen LogP contribution in [-0.2, 0) is 5.41 Å². The Morgan fingerprint density at radius 3 is 1.76 bits per heavy atom. The molecule has 0 saturated heterocycles. The first-order chi connectivity index (χ1) is 28.8. The van der Waals surface area contributed by atoms with E-state index >= 15 is 0 Å². The van der Waals surface area contributed by atoms with Crippen LogP contribution in [0.2, 0.25) is 0 Å². The summed E-state index contributed by atoms with van der Waals surface area (Å²) in [6.07, 6.45) is 9.12. The van der Waals surface area contributed by atoms with Crippen molar-refractivity contribution in [3.8, 4) is 39.4 Å². The van der Waals surface area contributed by atoms with Gasteiger partial charge < -0.3 is 13.9 Å². The summed E-state index contributed by atoms with van der Waals surface area (Å²) in [7, 11) is 0. The van der Waals surface area contributed by atoms with Gasteiger partial charge in [-0.15, -0.1) is 0 Å². The molecule has 10 aromatic rings. The third-order valence-electron chi connectivity index (χ3n) is 13.0. The van der Waals surface area contributed by atoms with E-state index in [2.05, 4.69) is 203 Å². The summed E-state index contributed by atoms with van der Waals surface area (Å²) in [5, 5.41) is 5.04. The zero-order chi connectivity index (χ0) is 38.0. The molecule has 3 heteroatoms. The number of rotatable bonds is 3. The van der Waals surface area contributed by atoms with Gasteiger partial charge in [-0.25, -0.2) is 0 Å². The molecule has 2 aliphatic carbocycles. The Labute approximate surface area is 336 Å². The molecule has 0 bridgehead atoms. The maximum atomic E-state index is 6.65. The molecule has 1 spiro atoms. The Bertz CT molecular complexity index is 3380. The molecule has 58 heavy (non-hydrogen) atoms. The van der Waals surface area contributed by atoms with Gasteiger partial charge in [-0.2, -0.15) is 0 Å². The van der Waals surface area contributed by atoms with Crippen molar-refractivity contribution in [3.63, 3.8) is 0 Å². The van der Waals surface area contributed by atoms with Gasteiger partial charge in [-0.3, -0.25) is 0 Å². The zero-order valence-electron chi connectivity index (χ0n) is 31.7. The van der Waals surface area contributed by atoms with Crippen LogP contribution >= 0.6 is 0 Å². The third kappa shape index (κ3) is 4.17. The standard InChI is InChI=1S/C55H36N2O/c1-3-15-37(16-4-1)56-49-24-12-8-20-40(49)42-31-35(27-29-50(42)56)36-28-30-51-43(32-36)44-33-41-39-19-7-9-21-45(39)55(48(41)34-52(44)57(51)38-17-5-2-6-18-38)46-22-10-13-25-53(46)58-54-26-14-11-23-47(54)55/h1,3-5,7-34H,2,6H2. The van der Waals surface area contributed by atoms with Gasteiger partial charge in [-0.05, 0) is 119 Å².